The number of amides is 1. The van der Waals surface area contributed by atoms with Gasteiger partial charge in [-0.2, -0.15) is 10.7 Å². The molecule has 1 amide bonds. The van der Waals surface area contributed by atoms with Gasteiger partial charge in [0.15, 0.2) is 17.7 Å². The molecule has 0 radical (unpaired) electrons. The van der Waals surface area contributed by atoms with Gasteiger partial charge in [0.2, 0.25) is 5.91 Å². The summed E-state index contributed by atoms with van der Waals surface area (Å²) in [6, 6.07) is 4.97. The molecule has 1 heterocycles. The van der Waals surface area contributed by atoms with Crippen molar-refractivity contribution in [3.8, 4) is 17.6 Å². The van der Waals surface area contributed by atoms with E-state index in [1.54, 1.807) is 18.2 Å². The fourth-order valence-electron chi connectivity index (χ4n) is 1.97. The molecule has 0 aromatic heterocycles. The summed E-state index contributed by atoms with van der Waals surface area (Å²) < 4.78 is 15.4. The van der Waals surface area contributed by atoms with E-state index in [1.807, 2.05) is 0 Å². The Bertz CT molecular complexity index is 623. The number of hydrazine groups is 1. The van der Waals surface area contributed by atoms with Crippen molar-refractivity contribution in [3.05, 3.63) is 23.3 Å². The number of rotatable bonds is 5. The molecular weight excluding hydrogens is 278 g/mol. The van der Waals surface area contributed by atoms with Crippen LogP contribution in [0, 0.1) is 11.3 Å². The summed E-state index contributed by atoms with van der Waals surface area (Å²) in [5.41, 5.74) is 5.59. The summed E-state index contributed by atoms with van der Waals surface area (Å²) in [7, 11) is 2.88. The number of carbonyl (C=O) groups excluding carboxylic acids is 2. The second-order valence-electron chi connectivity index (χ2n) is 4.08. The van der Waals surface area contributed by atoms with Crippen molar-refractivity contribution < 1.29 is 23.8 Å². The molecule has 0 fully saturated rings. The fourth-order valence-corrected chi connectivity index (χ4v) is 1.97. The third-order valence-electron chi connectivity index (χ3n) is 2.87. The van der Waals surface area contributed by atoms with Crippen molar-refractivity contribution in [1.29, 1.82) is 5.26 Å². The molecule has 21 heavy (non-hydrogen) atoms. The topological polar surface area (TPSA) is 110 Å². The minimum atomic E-state index is -0.852. The van der Waals surface area contributed by atoms with E-state index < -0.39 is 18.1 Å². The third-order valence-corrected chi connectivity index (χ3v) is 2.87. The van der Waals surface area contributed by atoms with Gasteiger partial charge in [0.1, 0.15) is 12.0 Å². The highest BCUT2D eigenvalue weighted by Gasteiger charge is 2.35. The van der Waals surface area contributed by atoms with Gasteiger partial charge < -0.3 is 14.2 Å². The fraction of sp³-hybridized carbons (Fsp3) is 0.308. The Balaban J connectivity index is 2.24. The molecule has 0 saturated carbocycles. The molecule has 110 valence electrons. The molecule has 0 spiro atoms. The normalized spacial score (nSPS) is 15.7. The smallest absolute Gasteiger partial charge is 0.344 e. The Morgan fingerprint density at radius 3 is 2.81 bits per heavy atom. The first kappa shape index (κ1) is 14.6. The summed E-state index contributed by atoms with van der Waals surface area (Å²) in [4.78, 5) is 23.2. The summed E-state index contributed by atoms with van der Waals surface area (Å²) >= 11 is 0. The monoisotopic (exact) mass is 291 g/mol. The van der Waals surface area contributed by atoms with E-state index in [0.29, 0.717) is 11.3 Å². The van der Waals surface area contributed by atoms with Gasteiger partial charge in [0.25, 0.3) is 0 Å². The van der Waals surface area contributed by atoms with Crippen LogP contribution in [0.5, 0.6) is 11.5 Å². The second-order valence-corrected chi connectivity index (χ2v) is 4.08. The standard InChI is InChI=1S/C13H13N3O5/c1-19-8-4-3-7-10(11(8)20-2)13(18)21-12(7)16-15-9(17)5-6-14/h3-4,12,16H,5H2,1-2H3,(H,15,17)/t12-/m0/s1. The van der Waals surface area contributed by atoms with Crippen LogP contribution >= 0.6 is 0 Å². The third kappa shape index (κ3) is 2.73. The summed E-state index contributed by atoms with van der Waals surface area (Å²) in [6.45, 7) is 0. The van der Waals surface area contributed by atoms with Crippen molar-refractivity contribution >= 4 is 11.9 Å². The number of methoxy groups -OCH3 is 2. The minimum Gasteiger partial charge on any atom is -0.493 e. The molecule has 2 rings (SSSR count). The molecule has 0 saturated heterocycles. The largest absolute Gasteiger partial charge is 0.493 e. The number of nitrogens with one attached hydrogen (secondary N) is 2. The van der Waals surface area contributed by atoms with Gasteiger partial charge in [-0.25, -0.2) is 4.79 Å². The SMILES string of the molecule is COc1ccc2c(c1OC)C(=O)O[C@@H]2NNC(=O)CC#N. The molecule has 8 heteroatoms. The van der Waals surface area contributed by atoms with Crippen molar-refractivity contribution in [2.24, 2.45) is 0 Å². The van der Waals surface area contributed by atoms with Crippen LogP contribution in [0.4, 0.5) is 0 Å². The van der Waals surface area contributed by atoms with E-state index in [0.717, 1.165) is 0 Å². The Morgan fingerprint density at radius 2 is 2.19 bits per heavy atom. The highest BCUT2D eigenvalue weighted by Crippen LogP contribution is 2.40. The molecular formula is C13H13N3O5. The summed E-state index contributed by atoms with van der Waals surface area (Å²) in [5.74, 6) is -0.440. The average Bonchev–Trinajstić information content (AvgIpc) is 2.81. The zero-order valence-electron chi connectivity index (χ0n) is 11.4. The lowest BCUT2D eigenvalue weighted by molar-refractivity contribution is -0.122. The van der Waals surface area contributed by atoms with Gasteiger partial charge in [0, 0.05) is 5.56 Å². The summed E-state index contributed by atoms with van der Waals surface area (Å²) in [6.07, 6.45) is -1.15. The first-order valence-corrected chi connectivity index (χ1v) is 5.99. The molecule has 1 aromatic carbocycles. The van der Waals surface area contributed by atoms with E-state index in [9.17, 15) is 9.59 Å². The molecule has 1 aliphatic rings. The first-order valence-electron chi connectivity index (χ1n) is 5.99. The van der Waals surface area contributed by atoms with Crippen LogP contribution in [0.15, 0.2) is 12.1 Å². The quantitative estimate of drug-likeness (QED) is 0.597. The first-order chi connectivity index (χ1) is 10.1. The number of cyclic esters (lactones) is 1. The van der Waals surface area contributed by atoms with Crippen LogP contribution in [-0.4, -0.2) is 26.1 Å². The Labute approximate surface area is 120 Å². The number of nitrogens with zero attached hydrogens (tertiary/aromatic N) is 1. The van der Waals surface area contributed by atoms with Gasteiger partial charge in [-0.05, 0) is 12.1 Å². The van der Waals surface area contributed by atoms with Crippen molar-refractivity contribution in [1.82, 2.24) is 10.9 Å². The van der Waals surface area contributed by atoms with E-state index in [2.05, 4.69) is 10.9 Å². The Morgan fingerprint density at radius 1 is 1.43 bits per heavy atom. The highest BCUT2D eigenvalue weighted by molar-refractivity contribution is 5.98. The number of hydrogen-bond donors (Lipinski definition) is 2. The number of nitriles is 1. The number of esters is 1. The van der Waals surface area contributed by atoms with Gasteiger partial charge in [-0.3, -0.25) is 10.2 Å². The number of ether oxygens (including phenoxy) is 3. The summed E-state index contributed by atoms with van der Waals surface area (Å²) in [5, 5.41) is 8.40. The molecule has 0 aliphatic carbocycles. The minimum absolute atomic E-state index is 0.240. The zero-order chi connectivity index (χ0) is 15.4. The maximum Gasteiger partial charge on any atom is 0.344 e. The lowest BCUT2D eigenvalue weighted by Crippen LogP contribution is -2.39. The molecule has 1 atom stereocenters. The molecule has 0 unspecified atom stereocenters. The van der Waals surface area contributed by atoms with Crippen LogP contribution < -0.4 is 20.3 Å². The Kier molecular flexibility index (Phi) is 4.25. The van der Waals surface area contributed by atoms with Gasteiger partial charge in [-0.1, -0.05) is 0 Å². The van der Waals surface area contributed by atoms with Crippen LogP contribution in [0.1, 0.15) is 28.6 Å². The lowest BCUT2D eigenvalue weighted by atomic mass is 10.1. The highest BCUT2D eigenvalue weighted by atomic mass is 16.6. The van der Waals surface area contributed by atoms with Crippen molar-refractivity contribution in [2.45, 2.75) is 12.6 Å². The Hall–Kier alpha value is -2.79. The van der Waals surface area contributed by atoms with Crippen LogP contribution in [-0.2, 0) is 9.53 Å². The van der Waals surface area contributed by atoms with Gasteiger partial charge in [0.05, 0.1) is 20.3 Å². The second kappa shape index (κ2) is 6.11. The van der Waals surface area contributed by atoms with Gasteiger partial charge >= 0.3 is 5.97 Å². The van der Waals surface area contributed by atoms with E-state index in [-0.39, 0.29) is 17.7 Å². The number of benzene rings is 1. The van der Waals surface area contributed by atoms with Crippen LogP contribution in [0.3, 0.4) is 0 Å². The number of hydrogen-bond acceptors (Lipinski definition) is 7. The molecule has 2 N–H and O–H groups in total. The van der Waals surface area contributed by atoms with Crippen LogP contribution in [0.25, 0.3) is 0 Å². The van der Waals surface area contributed by atoms with Gasteiger partial charge in [-0.15, -0.1) is 0 Å². The molecule has 8 nitrogen and oxygen atoms in total. The maximum atomic E-state index is 11.9. The average molecular weight is 291 g/mol. The van der Waals surface area contributed by atoms with E-state index >= 15 is 0 Å². The van der Waals surface area contributed by atoms with E-state index in [1.165, 1.54) is 14.2 Å². The molecule has 0 bridgehead atoms. The van der Waals surface area contributed by atoms with Crippen molar-refractivity contribution in [3.63, 3.8) is 0 Å². The predicted octanol–water partition coefficient (Wildman–Crippen LogP) is 0.407. The number of carbonyl (C=O) groups is 2. The lowest BCUT2D eigenvalue weighted by Gasteiger charge is -2.14. The number of fused-ring (bicyclic) bond motifs is 1. The predicted molar refractivity (Wildman–Crippen MR) is 69.2 cm³/mol. The van der Waals surface area contributed by atoms with Crippen molar-refractivity contribution in [2.75, 3.05) is 14.2 Å². The zero-order valence-corrected chi connectivity index (χ0v) is 11.4. The molecule has 1 aromatic rings. The van der Waals surface area contributed by atoms with Crippen LogP contribution in [0.2, 0.25) is 0 Å². The maximum absolute atomic E-state index is 11.9. The van der Waals surface area contributed by atoms with E-state index in [4.69, 9.17) is 19.5 Å². The molecule has 1 aliphatic heterocycles.